The van der Waals surface area contributed by atoms with Crippen LogP contribution in [0.15, 0.2) is 60.7 Å². The van der Waals surface area contributed by atoms with E-state index >= 15 is 0 Å². The van der Waals surface area contributed by atoms with Gasteiger partial charge in [0.05, 0.1) is 5.41 Å². The summed E-state index contributed by atoms with van der Waals surface area (Å²) >= 11 is 0. The lowest BCUT2D eigenvalue weighted by Gasteiger charge is -2.22. The fourth-order valence-corrected chi connectivity index (χ4v) is 6.32. The zero-order valence-electron chi connectivity index (χ0n) is 18.7. The van der Waals surface area contributed by atoms with Crippen LogP contribution in [0.2, 0.25) is 0 Å². The maximum absolute atomic E-state index is 2.77. The highest BCUT2D eigenvalue weighted by atomic mass is 15.1. The third-order valence-corrected chi connectivity index (χ3v) is 7.92. The van der Waals surface area contributed by atoms with Crippen LogP contribution in [0, 0.1) is 5.92 Å². The highest BCUT2D eigenvalue weighted by molar-refractivity contribution is 6.08. The van der Waals surface area contributed by atoms with E-state index in [0.29, 0.717) is 6.04 Å². The van der Waals surface area contributed by atoms with Crippen LogP contribution in [-0.4, -0.2) is 16.3 Å². The Morgan fingerprint density at radius 3 is 2.47 bits per heavy atom. The summed E-state index contributed by atoms with van der Waals surface area (Å²) in [5.74, 6) is 0.773. The van der Waals surface area contributed by atoms with Crippen molar-refractivity contribution in [2.45, 2.75) is 83.1 Å². The quantitative estimate of drug-likeness (QED) is 0.356. The van der Waals surface area contributed by atoms with Crippen LogP contribution in [-0.2, 0) is 5.41 Å². The zero-order valence-corrected chi connectivity index (χ0v) is 18.7. The Bertz CT molecular complexity index is 1010. The molecule has 2 saturated carbocycles. The average molecular weight is 399 g/mol. The van der Waals surface area contributed by atoms with Gasteiger partial charge in [0.1, 0.15) is 0 Å². The lowest BCUT2D eigenvalue weighted by atomic mass is 9.74. The van der Waals surface area contributed by atoms with E-state index in [1.54, 1.807) is 11.3 Å². The van der Waals surface area contributed by atoms with Crippen molar-refractivity contribution in [3.8, 4) is 0 Å². The first-order chi connectivity index (χ1) is 14.7. The second-order valence-electron chi connectivity index (χ2n) is 9.88. The lowest BCUT2D eigenvalue weighted by molar-refractivity contribution is -0.480. The van der Waals surface area contributed by atoms with Crippen molar-refractivity contribution < 1.29 is 4.58 Å². The molecule has 0 N–H and O–H groups in total. The minimum absolute atomic E-state index is 0.0282. The molecule has 0 bridgehead atoms. The van der Waals surface area contributed by atoms with E-state index in [9.17, 15) is 0 Å². The monoisotopic (exact) mass is 398 g/mol. The topological polar surface area (TPSA) is 3.01 Å². The van der Waals surface area contributed by atoms with Crippen molar-refractivity contribution in [1.29, 1.82) is 0 Å². The van der Waals surface area contributed by atoms with Crippen LogP contribution in [0.5, 0.6) is 0 Å². The smallest absolute Gasteiger partial charge is 0.192 e. The maximum Gasteiger partial charge on any atom is 0.210 e. The summed E-state index contributed by atoms with van der Waals surface area (Å²) in [4.78, 5) is 0. The summed E-state index contributed by atoms with van der Waals surface area (Å²) in [5.41, 5.74) is 4.60. The molecule has 1 atom stereocenters. The standard InChI is InChI=1S/C29H36N/c1-3-4-21-29(2)27(20-17-22-11-5-6-12-22)30(24-14-8-9-15-24)26-19-18-23-13-7-10-16-25(23)28(26)29/h3-4,7,10,13,16-20,22,24H,5-6,8-9,11-12,14-15,21H2,1-2H3/q+1/b4-3+,20-17+. The van der Waals surface area contributed by atoms with Crippen LogP contribution >= 0.6 is 0 Å². The van der Waals surface area contributed by atoms with Gasteiger partial charge in [-0.3, -0.25) is 0 Å². The van der Waals surface area contributed by atoms with Gasteiger partial charge < -0.3 is 0 Å². The largest absolute Gasteiger partial charge is 0.210 e. The Kier molecular flexibility index (Phi) is 5.39. The summed E-state index contributed by atoms with van der Waals surface area (Å²) in [6, 6.07) is 14.4. The molecule has 1 heteroatoms. The fraction of sp³-hybridized carbons (Fsp3) is 0.483. The molecular weight excluding hydrogens is 362 g/mol. The van der Waals surface area contributed by atoms with E-state index in [4.69, 9.17) is 0 Å². The van der Waals surface area contributed by atoms with Crippen molar-refractivity contribution in [1.82, 2.24) is 0 Å². The predicted octanol–water partition coefficient (Wildman–Crippen LogP) is 7.85. The van der Waals surface area contributed by atoms with E-state index < -0.39 is 0 Å². The molecule has 156 valence electrons. The van der Waals surface area contributed by atoms with Gasteiger partial charge in [0, 0.05) is 30.5 Å². The van der Waals surface area contributed by atoms with Crippen molar-refractivity contribution in [2.75, 3.05) is 0 Å². The molecule has 5 rings (SSSR count). The number of hydrogen-bond acceptors (Lipinski definition) is 0. The van der Waals surface area contributed by atoms with Crippen LogP contribution < -0.4 is 0 Å². The molecular formula is C29H36N+. The number of hydrogen-bond donors (Lipinski definition) is 0. The Morgan fingerprint density at radius 1 is 0.967 bits per heavy atom. The van der Waals surface area contributed by atoms with E-state index in [2.05, 4.69) is 79.1 Å². The molecule has 0 spiro atoms. The summed E-state index contributed by atoms with van der Waals surface area (Å²) in [6.07, 6.45) is 21.7. The van der Waals surface area contributed by atoms with Crippen molar-refractivity contribution in [3.05, 3.63) is 66.3 Å². The lowest BCUT2D eigenvalue weighted by Crippen LogP contribution is -2.33. The van der Waals surface area contributed by atoms with Gasteiger partial charge >= 0.3 is 0 Å². The molecule has 3 aliphatic rings. The van der Waals surface area contributed by atoms with Crippen LogP contribution in [0.1, 0.15) is 77.2 Å². The number of rotatable bonds is 5. The second-order valence-corrected chi connectivity index (χ2v) is 9.88. The van der Waals surface area contributed by atoms with Gasteiger partial charge in [0.15, 0.2) is 11.8 Å². The Balaban J connectivity index is 1.73. The second kappa shape index (κ2) is 8.17. The SMILES string of the molecule is C/C=C/CC1(C)C(/C=C/C2CCCC2)=[N+](C2CCCC2)c2ccc3ccccc3c21. The molecule has 0 amide bonds. The molecule has 2 fully saturated rings. The first kappa shape index (κ1) is 19.8. The van der Waals surface area contributed by atoms with Crippen molar-refractivity contribution in [3.63, 3.8) is 0 Å². The molecule has 2 aromatic carbocycles. The third kappa shape index (κ3) is 3.27. The van der Waals surface area contributed by atoms with E-state index in [1.165, 1.54) is 67.8 Å². The molecule has 30 heavy (non-hydrogen) atoms. The van der Waals surface area contributed by atoms with Crippen LogP contribution in [0.4, 0.5) is 5.69 Å². The minimum Gasteiger partial charge on any atom is -0.192 e. The normalized spacial score (nSPS) is 25.5. The predicted molar refractivity (Wildman–Crippen MR) is 129 cm³/mol. The number of benzene rings is 2. The molecule has 1 nitrogen and oxygen atoms in total. The molecule has 1 unspecified atom stereocenters. The molecule has 0 aromatic heterocycles. The Morgan fingerprint density at radius 2 is 1.70 bits per heavy atom. The molecule has 2 aliphatic carbocycles. The highest BCUT2D eigenvalue weighted by Gasteiger charge is 2.50. The molecule has 2 aromatic rings. The summed E-state index contributed by atoms with van der Waals surface area (Å²) in [5, 5.41) is 2.81. The number of allylic oxidation sites excluding steroid dienone is 4. The molecule has 1 heterocycles. The first-order valence-electron chi connectivity index (χ1n) is 12.2. The minimum atomic E-state index is 0.0282. The van der Waals surface area contributed by atoms with Gasteiger partial charge in [-0.25, -0.2) is 0 Å². The third-order valence-electron chi connectivity index (χ3n) is 7.92. The van der Waals surface area contributed by atoms with Gasteiger partial charge in [-0.1, -0.05) is 55.3 Å². The molecule has 0 radical (unpaired) electrons. The van der Waals surface area contributed by atoms with Gasteiger partial charge in [-0.2, -0.15) is 4.58 Å². The first-order valence-corrected chi connectivity index (χ1v) is 12.2. The zero-order chi connectivity index (χ0) is 20.6. The Labute approximate surface area is 182 Å². The van der Waals surface area contributed by atoms with Gasteiger partial charge in [-0.15, -0.1) is 0 Å². The van der Waals surface area contributed by atoms with Crippen molar-refractivity contribution in [2.24, 2.45) is 5.92 Å². The summed E-state index contributed by atoms with van der Waals surface area (Å²) in [7, 11) is 0. The van der Waals surface area contributed by atoms with E-state index in [-0.39, 0.29) is 5.41 Å². The summed E-state index contributed by atoms with van der Waals surface area (Å²) < 4.78 is 2.77. The van der Waals surface area contributed by atoms with Crippen LogP contribution in [0.25, 0.3) is 10.8 Å². The Hall–Kier alpha value is -2.15. The number of fused-ring (bicyclic) bond motifs is 3. The fourth-order valence-electron chi connectivity index (χ4n) is 6.32. The molecule has 0 saturated heterocycles. The maximum atomic E-state index is 2.77. The average Bonchev–Trinajstić information content (AvgIpc) is 3.51. The van der Waals surface area contributed by atoms with E-state index in [1.807, 2.05) is 0 Å². The van der Waals surface area contributed by atoms with Gasteiger partial charge in [0.2, 0.25) is 5.69 Å². The van der Waals surface area contributed by atoms with Crippen LogP contribution in [0.3, 0.4) is 0 Å². The highest BCUT2D eigenvalue weighted by Crippen LogP contribution is 2.48. The summed E-state index contributed by atoms with van der Waals surface area (Å²) in [6.45, 7) is 4.66. The molecule has 1 aliphatic heterocycles. The van der Waals surface area contributed by atoms with Gasteiger partial charge in [-0.05, 0) is 68.7 Å². The van der Waals surface area contributed by atoms with Gasteiger partial charge in [0.25, 0.3) is 0 Å². The van der Waals surface area contributed by atoms with E-state index in [0.717, 1.165) is 12.3 Å². The number of nitrogens with zero attached hydrogens (tertiary/aromatic N) is 1. The van der Waals surface area contributed by atoms with Crippen molar-refractivity contribution >= 4 is 22.2 Å².